The molecule has 0 heterocycles. The van der Waals surface area contributed by atoms with E-state index in [1.165, 1.54) is 5.56 Å². The van der Waals surface area contributed by atoms with Crippen molar-refractivity contribution < 1.29 is 9.47 Å². The molecule has 0 saturated carbocycles. The lowest BCUT2D eigenvalue weighted by Gasteiger charge is -2.29. The predicted molar refractivity (Wildman–Crippen MR) is 113 cm³/mol. The summed E-state index contributed by atoms with van der Waals surface area (Å²) in [4.78, 5) is 7.30. The van der Waals surface area contributed by atoms with E-state index in [-0.39, 0.29) is 6.04 Å². The molecular weight excluding hydrogens is 340 g/mol. The fourth-order valence-corrected chi connectivity index (χ4v) is 2.92. The van der Waals surface area contributed by atoms with Gasteiger partial charge in [0, 0.05) is 26.8 Å². The number of benzene rings is 1. The third-order valence-corrected chi connectivity index (χ3v) is 4.39. The first-order chi connectivity index (χ1) is 13.3. The molecule has 1 rings (SSSR count). The van der Waals surface area contributed by atoms with Crippen LogP contribution in [0.15, 0.2) is 35.3 Å². The molecule has 6 nitrogen and oxygen atoms in total. The van der Waals surface area contributed by atoms with E-state index in [0.717, 1.165) is 51.7 Å². The van der Waals surface area contributed by atoms with Crippen LogP contribution >= 0.6 is 0 Å². The number of likely N-dealkylation sites (N-methyl/N-ethyl adjacent to an activating group) is 1. The maximum atomic E-state index is 5.50. The Morgan fingerprint density at radius 1 is 1.04 bits per heavy atom. The largest absolute Gasteiger partial charge is 0.382 e. The second-order valence-electron chi connectivity index (χ2n) is 6.25. The molecule has 0 fully saturated rings. The Morgan fingerprint density at radius 3 is 2.41 bits per heavy atom. The highest BCUT2D eigenvalue weighted by atomic mass is 16.5. The minimum Gasteiger partial charge on any atom is -0.382 e. The Labute approximate surface area is 165 Å². The van der Waals surface area contributed by atoms with E-state index in [2.05, 4.69) is 66.6 Å². The van der Waals surface area contributed by atoms with Crippen molar-refractivity contribution in [1.82, 2.24) is 15.5 Å². The number of guanidine groups is 1. The van der Waals surface area contributed by atoms with Crippen LogP contribution in [0.3, 0.4) is 0 Å². The van der Waals surface area contributed by atoms with Gasteiger partial charge in [0.15, 0.2) is 5.96 Å². The number of rotatable bonds is 14. The molecule has 0 aliphatic carbocycles. The molecule has 1 atom stereocenters. The normalized spacial score (nSPS) is 13.0. The highest BCUT2D eigenvalue weighted by molar-refractivity contribution is 5.79. The zero-order chi connectivity index (χ0) is 19.7. The molecule has 6 heteroatoms. The van der Waals surface area contributed by atoms with Crippen molar-refractivity contribution in [3.05, 3.63) is 35.9 Å². The number of methoxy groups -OCH3 is 1. The van der Waals surface area contributed by atoms with E-state index in [0.29, 0.717) is 13.2 Å². The average molecular weight is 379 g/mol. The Hall–Kier alpha value is -1.63. The van der Waals surface area contributed by atoms with Gasteiger partial charge in [0.05, 0.1) is 25.8 Å². The summed E-state index contributed by atoms with van der Waals surface area (Å²) in [6.07, 6.45) is 0.937. The smallest absolute Gasteiger partial charge is 0.191 e. The molecule has 0 radical (unpaired) electrons. The van der Waals surface area contributed by atoms with Gasteiger partial charge >= 0.3 is 0 Å². The number of ether oxygens (including phenoxy) is 2. The monoisotopic (exact) mass is 378 g/mol. The third kappa shape index (κ3) is 9.75. The van der Waals surface area contributed by atoms with Crippen molar-refractivity contribution in [2.45, 2.75) is 33.2 Å². The van der Waals surface area contributed by atoms with E-state index in [1.807, 2.05) is 0 Å². The summed E-state index contributed by atoms with van der Waals surface area (Å²) in [5.74, 6) is 0.863. The van der Waals surface area contributed by atoms with Crippen molar-refractivity contribution in [2.75, 3.05) is 59.7 Å². The van der Waals surface area contributed by atoms with Crippen LogP contribution in [0.1, 0.15) is 38.8 Å². The van der Waals surface area contributed by atoms with E-state index in [9.17, 15) is 0 Å². The molecule has 154 valence electrons. The molecule has 2 N–H and O–H groups in total. The number of aliphatic imine (C=N–C) groups is 1. The lowest BCUT2D eigenvalue weighted by atomic mass is 10.1. The Bertz CT molecular complexity index is 492. The minimum atomic E-state index is 0.286. The van der Waals surface area contributed by atoms with Crippen LogP contribution < -0.4 is 10.6 Å². The lowest BCUT2D eigenvalue weighted by Crippen LogP contribution is -2.39. The molecule has 1 aromatic carbocycles. The lowest BCUT2D eigenvalue weighted by molar-refractivity contribution is 0.0698. The maximum absolute atomic E-state index is 5.50. The van der Waals surface area contributed by atoms with Gasteiger partial charge in [0.1, 0.15) is 0 Å². The summed E-state index contributed by atoms with van der Waals surface area (Å²) in [6.45, 7) is 12.9. The summed E-state index contributed by atoms with van der Waals surface area (Å²) in [5.41, 5.74) is 1.31. The van der Waals surface area contributed by atoms with Gasteiger partial charge in [-0.15, -0.1) is 0 Å². The van der Waals surface area contributed by atoms with E-state index >= 15 is 0 Å². The van der Waals surface area contributed by atoms with Gasteiger partial charge < -0.3 is 20.1 Å². The van der Waals surface area contributed by atoms with Crippen LogP contribution in [0.25, 0.3) is 0 Å². The Kier molecular flexibility index (Phi) is 13.4. The van der Waals surface area contributed by atoms with Crippen LogP contribution in [0.2, 0.25) is 0 Å². The SMILES string of the molecule is CCNC(=NCC(c1ccccc1)N(CC)CC)NCCCOCCOC. The van der Waals surface area contributed by atoms with Crippen LogP contribution in [0, 0.1) is 0 Å². The van der Waals surface area contributed by atoms with Crippen LogP contribution in [0.5, 0.6) is 0 Å². The molecule has 0 aromatic heterocycles. The summed E-state index contributed by atoms with van der Waals surface area (Å²) in [5, 5.41) is 6.74. The molecular formula is C21H38N4O2. The molecule has 1 unspecified atom stereocenters. The fraction of sp³-hybridized carbons (Fsp3) is 0.667. The van der Waals surface area contributed by atoms with Crippen molar-refractivity contribution in [3.63, 3.8) is 0 Å². The van der Waals surface area contributed by atoms with Crippen LogP contribution in [-0.4, -0.2) is 70.5 Å². The van der Waals surface area contributed by atoms with Gasteiger partial charge in [0.2, 0.25) is 0 Å². The van der Waals surface area contributed by atoms with Crippen LogP contribution in [0.4, 0.5) is 0 Å². The first-order valence-corrected chi connectivity index (χ1v) is 10.1. The van der Waals surface area contributed by atoms with Gasteiger partial charge in [-0.2, -0.15) is 0 Å². The van der Waals surface area contributed by atoms with Gasteiger partial charge in [-0.25, -0.2) is 0 Å². The van der Waals surface area contributed by atoms with E-state index < -0.39 is 0 Å². The van der Waals surface area contributed by atoms with Crippen molar-refractivity contribution in [2.24, 2.45) is 4.99 Å². The standard InChI is InChI=1S/C21H38N4O2/c1-5-22-21(23-14-11-15-27-17-16-26-4)24-18-20(25(6-2)7-3)19-12-9-8-10-13-19/h8-10,12-13,20H,5-7,11,14-18H2,1-4H3,(H2,22,23,24). The molecule has 0 aliphatic heterocycles. The summed E-state index contributed by atoms with van der Waals surface area (Å²) in [7, 11) is 1.69. The van der Waals surface area contributed by atoms with Gasteiger partial charge in [-0.3, -0.25) is 9.89 Å². The molecule has 27 heavy (non-hydrogen) atoms. The topological polar surface area (TPSA) is 58.1 Å². The zero-order valence-electron chi connectivity index (χ0n) is 17.5. The first-order valence-electron chi connectivity index (χ1n) is 10.1. The Morgan fingerprint density at radius 2 is 1.78 bits per heavy atom. The summed E-state index contributed by atoms with van der Waals surface area (Å²) in [6, 6.07) is 10.9. The van der Waals surface area contributed by atoms with Crippen molar-refractivity contribution in [1.29, 1.82) is 0 Å². The highest BCUT2D eigenvalue weighted by Crippen LogP contribution is 2.20. The minimum absolute atomic E-state index is 0.286. The molecule has 1 aromatic rings. The van der Waals surface area contributed by atoms with Crippen LogP contribution in [-0.2, 0) is 9.47 Å². The van der Waals surface area contributed by atoms with Gasteiger partial charge in [-0.1, -0.05) is 44.2 Å². The Balaban J connectivity index is 2.60. The number of nitrogens with one attached hydrogen (secondary N) is 2. The number of hydrogen-bond donors (Lipinski definition) is 2. The van der Waals surface area contributed by atoms with Gasteiger partial charge in [-0.05, 0) is 32.0 Å². The second-order valence-corrected chi connectivity index (χ2v) is 6.25. The van der Waals surface area contributed by atoms with Crippen molar-refractivity contribution >= 4 is 5.96 Å². The molecule has 0 bridgehead atoms. The number of hydrogen-bond acceptors (Lipinski definition) is 4. The second kappa shape index (κ2) is 15.4. The molecule has 0 amide bonds. The van der Waals surface area contributed by atoms with Gasteiger partial charge in [0.25, 0.3) is 0 Å². The molecule has 0 aliphatic rings. The average Bonchev–Trinajstić information content (AvgIpc) is 2.70. The van der Waals surface area contributed by atoms with Crippen molar-refractivity contribution in [3.8, 4) is 0 Å². The highest BCUT2D eigenvalue weighted by Gasteiger charge is 2.17. The van der Waals surface area contributed by atoms with E-state index in [4.69, 9.17) is 14.5 Å². The summed E-state index contributed by atoms with van der Waals surface area (Å²) >= 11 is 0. The quantitative estimate of drug-likeness (QED) is 0.296. The first kappa shape index (κ1) is 23.4. The third-order valence-electron chi connectivity index (χ3n) is 4.39. The molecule has 0 saturated heterocycles. The predicted octanol–water partition coefficient (Wildman–Crippen LogP) is 2.68. The maximum Gasteiger partial charge on any atom is 0.191 e. The zero-order valence-corrected chi connectivity index (χ0v) is 17.5. The van der Waals surface area contributed by atoms with E-state index in [1.54, 1.807) is 7.11 Å². The fourth-order valence-electron chi connectivity index (χ4n) is 2.92. The number of nitrogens with zero attached hydrogens (tertiary/aromatic N) is 2. The molecule has 0 spiro atoms. The summed E-state index contributed by atoms with van der Waals surface area (Å²) < 4.78 is 10.5.